The number of hydrogen-bond acceptors (Lipinski definition) is 4. The minimum atomic E-state index is -0.749. The van der Waals surface area contributed by atoms with Crippen LogP contribution in [0.3, 0.4) is 0 Å². The van der Waals surface area contributed by atoms with Gasteiger partial charge in [-0.05, 0) is 23.6 Å². The molecule has 1 atom stereocenters. The number of nitrogens with two attached hydrogens (primary N) is 2. The summed E-state index contributed by atoms with van der Waals surface area (Å²) in [6, 6.07) is 4.63. The van der Waals surface area contributed by atoms with E-state index in [0.29, 0.717) is 18.7 Å². The zero-order chi connectivity index (χ0) is 14.7. The van der Waals surface area contributed by atoms with Gasteiger partial charge in [0.05, 0.1) is 0 Å². The first kappa shape index (κ1) is 14.2. The Morgan fingerprint density at radius 1 is 1.45 bits per heavy atom. The number of fused-ring (bicyclic) bond motifs is 1. The summed E-state index contributed by atoms with van der Waals surface area (Å²) in [5.74, 6) is -0.815. The van der Waals surface area contributed by atoms with E-state index in [0.717, 1.165) is 17.4 Å². The van der Waals surface area contributed by atoms with Crippen molar-refractivity contribution in [3.8, 4) is 0 Å². The lowest BCUT2D eigenvalue weighted by atomic mass is 10.1. The van der Waals surface area contributed by atoms with Crippen LogP contribution in [0.5, 0.6) is 0 Å². The number of aldehydes is 1. The Labute approximate surface area is 116 Å². The highest BCUT2D eigenvalue weighted by molar-refractivity contribution is 6.01. The van der Waals surface area contributed by atoms with Crippen LogP contribution in [0.1, 0.15) is 34.3 Å². The summed E-state index contributed by atoms with van der Waals surface area (Å²) in [4.78, 5) is 35.7. The van der Waals surface area contributed by atoms with Crippen LogP contribution < -0.4 is 11.5 Å². The quantitative estimate of drug-likeness (QED) is 0.709. The molecule has 6 nitrogen and oxygen atoms in total. The van der Waals surface area contributed by atoms with Gasteiger partial charge in [-0.3, -0.25) is 9.59 Å². The molecule has 1 heterocycles. The smallest absolute Gasteiger partial charge is 0.255 e. The summed E-state index contributed by atoms with van der Waals surface area (Å²) in [5, 5.41) is 0. The molecule has 0 bridgehead atoms. The lowest BCUT2D eigenvalue weighted by molar-refractivity contribution is -0.122. The molecule has 6 heteroatoms. The standard InChI is InChI=1S/C14H17N3O3/c15-7-9-3-4-11-10(6-9)8-17(14(11)20)12(13(16)19)2-1-5-18/h3-6,12H,1-2,7-8,15H2,(H2,16,19). The average Bonchev–Trinajstić information content (AvgIpc) is 2.75. The predicted molar refractivity (Wildman–Crippen MR) is 72.5 cm³/mol. The molecule has 1 aliphatic rings. The first-order valence-corrected chi connectivity index (χ1v) is 6.44. The van der Waals surface area contributed by atoms with E-state index in [1.54, 1.807) is 12.1 Å². The van der Waals surface area contributed by atoms with Gasteiger partial charge in [-0.25, -0.2) is 0 Å². The van der Waals surface area contributed by atoms with Crippen molar-refractivity contribution in [2.75, 3.05) is 0 Å². The molecule has 0 saturated carbocycles. The summed E-state index contributed by atoms with van der Waals surface area (Å²) in [6.45, 7) is 0.723. The Bertz CT molecular complexity index is 557. The van der Waals surface area contributed by atoms with Gasteiger partial charge in [-0.15, -0.1) is 0 Å². The highest BCUT2D eigenvalue weighted by Gasteiger charge is 2.35. The second-order valence-electron chi connectivity index (χ2n) is 4.79. The van der Waals surface area contributed by atoms with Crippen LogP contribution in [0, 0.1) is 0 Å². The van der Waals surface area contributed by atoms with Crippen LogP contribution in [0.25, 0.3) is 0 Å². The molecule has 0 aliphatic carbocycles. The second-order valence-corrected chi connectivity index (χ2v) is 4.79. The van der Waals surface area contributed by atoms with E-state index in [1.807, 2.05) is 6.07 Å². The summed E-state index contributed by atoms with van der Waals surface area (Å²) in [6.07, 6.45) is 1.17. The Hall–Kier alpha value is -2.21. The summed E-state index contributed by atoms with van der Waals surface area (Å²) >= 11 is 0. The number of benzene rings is 1. The van der Waals surface area contributed by atoms with Crippen LogP contribution in [0.2, 0.25) is 0 Å². The molecule has 0 spiro atoms. The molecule has 4 N–H and O–H groups in total. The number of rotatable bonds is 6. The lowest BCUT2D eigenvalue weighted by Gasteiger charge is -2.24. The third-order valence-electron chi connectivity index (χ3n) is 3.50. The van der Waals surface area contributed by atoms with Crippen molar-refractivity contribution in [3.63, 3.8) is 0 Å². The van der Waals surface area contributed by atoms with Gasteiger partial charge in [0.2, 0.25) is 5.91 Å². The van der Waals surface area contributed by atoms with Crippen molar-refractivity contribution in [1.29, 1.82) is 0 Å². The molecule has 1 aromatic carbocycles. The molecular formula is C14H17N3O3. The molecule has 0 fully saturated rings. The normalized spacial score (nSPS) is 15.1. The highest BCUT2D eigenvalue weighted by Crippen LogP contribution is 2.26. The van der Waals surface area contributed by atoms with Gasteiger partial charge >= 0.3 is 0 Å². The molecule has 2 amide bonds. The van der Waals surface area contributed by atoms with E-state index in [2.05, 4.69) is 0 Å². The molecule has 20 heavy (non-hydrogen) atoms. The molecule has 0 saturated heterocycles. The number of nitrogens with zero attached hydrogens (tertiary/aromatic N) is 1. The molecule has 1 unspecified atom stereocenters. The summed E-state index contributed by atoms with van der Waals surface area (Å²) < 4.78 is 0. The maximum absolute atomic E-state index is 12.3. The van der Waals surface area contributed by atoms with Gasteiger partial charge in [0.15, 0.2) is 0 Å². The Morgan fingerprint density at radius 2 is 2.20 bits per heavy atom. The minimum absolute atomic E-state index is 0.196. The first-order valence-electron chi connectivity index (χ1n) is 6.44. The third kappa shape index (κ3) is 2.55. The third-order valence-corrected chi connectivity index (χ3v) is 3.50. The summed E-state index contributed by atoms with van der Waals surface area (Å²) in [5.41, 5.74) is 13.3. The average molecular weight is 275 g/mol. The number of hydrogen-bond donors (Lipinski definition) is 2. The van der Waals surface area contributed by atoms with Crippen LogP contribution in [0.15, 0.2) is 18.2 Å². The number of carbonyl (C=O) groups is 3. The Balaban J connectivity index is 2.25. The number of primary amides is 1. The van der Waals surface area contributed by atoms with Gasteiger partial charge in [0.1, 0.15) is 12.3 Å². The van der Waals surface area contributed by atoms with Crippen molar-refractivity contribution in [2.45, 2.75) is 32.0 Å². The molecule has 106 valence electrons. The van der Waals surface area contributed by atoms with E-state index in [-0.39, 0.29) is 18.7 Å². The Kier molecular flexibility index (Phi) is 4.14. The van der Waals surface area contributed by atoms with Crippen molar-refractivity contribution in [2.24, 2.45) is 11.5 Å². The monoisotopic (exact) mass is 275 g/mol. The van der Waals surface area contributed by atoms with Crippen molar-refractivity contribution in [3.05, 3.63) is 34.9 Å². The molecule has 0 radical (unpaired) electrons. The second kappa shape index (κ2) is 5.83. The lowest BCUT2D eigenvalue weighted by Crippen LogP contribution is -2.44. The van der Waals surface area contributed by atoms with E-state index < -0.39 is 11.9 Å². The first-order chi connectivity index (χ1) is 9.58. The van der Waals surface area contributed by atoms with Gasteiger partial charge in [-0.1, -0.05) is 12.1 Å². The zero-order valence-corrected chi connectivity index (χ0v) is 11.0. The fraction of sp³-hybridized carbons (Fsp3) is 0.357. The van der Waals surface area contributed by atoms with Crippen LogP contribution >= 0.6 is 0 Å². The van der Waals surface area contributed by atoms with Gasteiger partial charge in [0.25, 0.3) is 5.91 Å². The zero-order valence-electron chi connectivity index (χ0n) is 11.0. The van der Waals surface area contributed by atoms with Crippen molar-refractivity contribution < 1.29 is 14.4 Å². The van der Waals surface area contributed by atoms with Gasteiger partial charge in [-0.2, -0.15) is 0 Å². The van der Waals surface area contributed by atoms with Crippen LogP contribution in [0.4, 0.5) is 0 Å². The molecule has 0 aromatic heterocycles. The van der Waals surface area contributed by atoms with E-state index in [9.17, 15) is 14.4 Å². The number of carbonyl (C=O) groups excluding carboxylic acids is 3. The topological polar surface area (TPSA) is 106 Å². The van der Waals surface area contributed by atoms with Crippen molar-refractivity contribution >= 4 is 18.1 Å². The number of amides is 2. The van der Waals surface area contributed by atoms with Crippen LogP contribution in [-0.4, -0.2) is 29.0 Å². The predicted octanol–water partition coefficient (Wildman–Crippen LogP) is -0.0659. The minimum Gasteiger partial charge on any atom is -0.368 e. The SMILES string of the molecule is NCc1ccc2c(c1)CN(C(CCC=O)C(N)=O)C2=O. The fourth-order valence-electron chi connectivity index (χ4n) is 2.45. The largest absolute Gasteiger partial charge is 0.368 e. The molecule has 1 aliphatic heterocycles. The van der Waals surface area contributed by atoms with Gasteiger partial charge < -0.3 is 21.2 Å². The van der Waals surface area contributed by atoms with E-state index >= 15 is 0 Å². The Morgan fingerprint density at radius 3 is 2.80 bits per heavy atom. The van der Waals surface area contributed by atoms with Crippen LogP contribution in [-0.2, 0) is 22.7 Å². The molecule has 2 rings (SSSR count). The highest BCUT2D eigenvalue weighted by atomic mass is 16.2. The molecular weight excluding hydrogens is 258 g/mol. The van der Waals surface area contributed by atoms with Crippen molar-refractivity contribution in [1.82, 2.24) is 4.90 Å². The molecule has 1 aromatic rings. The maximum atomic E-state index is 12.3. The van der Waals surface area contributed by atoms with Gasteiger partial charge in [0, 0.05) is 25.1 Å². The summed E-state index contributed by atoms with van der Waals surface area (Å²) in [7, 11) is 0. The maximum Gasteiger partial charge on any atom is 0.255 e. The fourth-order valence-corrected chi connectivity index (χ4v) is 2.45. The van der Waals surface area contributed by atoms with E-state index in [4.69, 9.17) is 11.5 Å². The van der Waals surface area contributed by atoms with E-state index in [1.165, 1.54) is 4.90 Å².